The van der Waals surface area contributed by atoms with Gasteiger partial charge < -0.3 is 14.5 Å². The Kier molecular flexibility index (Phi) is 4.65. The first kappa shape index (κ1) is 18.9. The van der Waals surface area contributed by atoms with E-state index >= 15 is 0 Å². The number of amides is 1. The van der Waals surface area contributed by atoms with Gasteiger partial charge in [0.15, 0.2) is 0 Å². The molecular formula is C21H29N5O2. The van der Waals surface area contributed by atoms with E-state index in [9.17, 15) is 9.59 Å². The molecule has 0 bridgehead atoms. The number of aryl methyl sites for hydroxylation is 2. The van der Waals surface area contributed by atoms with Crippen molar-refractivity contribution in [3.63, 3.8) is 0 Å². The monoisotopic (exact) mass is 383 g/mol. The fraction of sp³-hybridized carbons (Fsp3) is 0.571. The molecule has 2 aliphatic rings. The number of hydrogen-bond donors (Lipinski definition) is 1. The van der Waals surface area contributed by atoms with Crippen molar-refractivity contribution in [2.75, 3.05) is 26.2 Å². The van der Waals surface area contributed by atoms with Crippen LogP contribution < -0.4 is 5.56 Å². The zero-order chi connectivity index (χ0) is 20.1. The molecule has 28 heavy (non-hydrogen) atoms. The standard InChI is InChI=1S/C21H29N5O2/c1-5-26-9-6-16-18(23-13-22-16)21(26)7-10-25(11-8-21)20(28)17-14(2)12-15(3)24(4)19(17)27/h12-13H,5-11H2,1-4H3,(H,22,23). The van der Waals surface area contributed by atoms with Crippen LogP contribution >= 0.6 is 0 Å². The second kappa shape index (κ2) is 6.88. The summed E-state index contributed by atoms with van der Waals surface area (Å²) in [5.41, 5.74) is 4.00. The number of aromatic amines is 1. The quantitative estimate of drug-likeness (QED) is 0.857. The summed E-state index contributed by atoms with van der Waals surface area (Å²) in [7, 11) is 1.72. The Bertz CT molecular complexity index is 966. The van der Waals surface area contributed by atoms with Crippen LogP contribution in [0.2, 0.25) is 0 Å². The van der Waals surface area contributed by atoms with Crippen LogP contribution in [0.25, 0.3) is 0 Å². The summed E-state index contributed by atoms with van der Waals surface area (Å²) < 4.78 is 1.56. The Balaban J connectivity index is 1.61. The highest BCUT2D eigenvalue weighted by Gasteiger charge is 2.46. The van der Waals surface area contributed by atoms with Crippen LogP contribution in [0, 0.1) is 13.8 Å². The van der Waals surface area contributed by atoms with Gasteiger partial charge in [0.2, 0.25) is 0 Å². The number of pyridine rings is 1. The molecule has 2 aliphatic heterocycles. The number of fused-ring (bicyclic) bond motifs is 2. The number of imidazole rings is 1. The molecule has 7 heteroatoms. The molecule has 0 saturated carbocycles. The van der Waals surface area contributed by atoms with E-state index in [4.69, 9.17) is 0 Å². The smallest absolute Gasteiger partial charge is 0.263 e. The molecule has 1 N–H and O–H groups in total. The number of nitrogens with one attached hydrogen (secondary N) is 1. The van der Waals surface area contributed by atoms with Crippen molar-refractivity contribution < 1.29 is 4.79 Å². The summed E-state index contributed by atoms with van der Waals surface area (Å²) in [4.78, 5) is 38.2. The molecule has 1 spiro atoms. The van der Waals surface area contributed by atoms with Crippen molar-refractivity contribution in [2.45, 2.75) is 45.6 Å². The molecule has 4 heterocycles. The molecule has 0 unspecified atom stereocenters. The van der Waals surface area contributed by atoms with Gasteiger partial charge in [-0.05, 0) is 44.9 Å². The van der Waals surface area contributed by atoms with E-state index in [1.807, 2.05) is 24.8 Å². The van der Waals surface area contributed by atoms with Crippen molar-refractivity contribution in [1.29, 1.82) is 0 Å². The number of carbonyl (C=O) groups excluding carboxylic acids is 1. The molecule has 2 aromatic rings. The van der Waals surface area contributed by atoms with Gasteiger partial charge in [-0.2, -0.15) is 0 Å². The normalized spacial score (nSPS) is 19.1. The number of carbonyl (C=O) groups is 1. The van der Waals surface area contributed by atoms with Crippen molar-refractivity contribution in [3.05, 3.63) is 51.0 Å². The molecule has 4 rings (SSSR count). The largest absolute Gasteiger partial charge is 0.348 e. The van der Waals surface area contributed by atoms with Crippen molar-refractivity contribution >= 4 is 5.91 Å². The lowest BCUT2D eigenvalue weighted by Crippen LogP contribution is -2.57. The minimum atomic E-state index is -0.203. The lowest BCUT2D eigenvalue weighted by molar-refractivity contribution is 0.0102. The zero-order valence-electron chi connectivity index (χ0n) is 17.2. The summed E-state index contributed by atoms with van der Waals surface area (Å²) in [6.07, 6.45) is 4.47. The molecule has 1 fully saturated rings. The average molecular weight is 383 g/mol. The second-order valence-electron chi connectivity index (χ2n) is 8.09. The van der Waals surface area contributed by atoms with Gasteiger partial charge in [0.25, 0.3) is 11.5 Å². The number of nitrogens with zero attached hydrogens (tertiary/aromatic N) is 4. The van der Waals surface area contributed by atoms with E-state index in [2.05, 4.69) is 21.8 Å². The number of likely N-dealkylation sites (tertiary alicyclic amines) is 1. The first-order chi connectivity index (χ1) is 13.4. The molecule has 150 valence electrons. The number of aromatic nitrogens is 3. The highest BCUT2D eigenvalue weighted by atomic mass is 16.2. The van der Waals surface area contributed by atoms with Gasteiger partial charge in [0, 0.05) is 44.5 Å². The maximum Gasteiger partial charge on any atom is 0.263 e. The lowest BCUT2D eigenvalue weighted by Gasteiger charge is -2.50. The zero-order valence-corrected chi connectivity index (χ0v) is 17.2. The average Bonchev–Trinajstić information content (AvgIpc) is 3.17. The van der Waals surface area contributed by atoms with Crippen molar-refractivity contribution in [1.82, 2.24) is 24.3 Å². The van der Waals surface area contributed by atoms with Gasteiger partial charge in [-0.1, -0.05) is 6.92 Å². The number of piperidine rings is 1. The fourth-order valence-electron chi connectivity index (χ4n) is 5.01. The molecule has 0 atom stereocenters. The van der Waals surface area contributed by atoms with E-state index in [-0.39, 0.29) is 17.0 Å². The summed E-state index contributed by atoms with van der Waals surface area (Å²) in [6, 6.07) is 1.91. The Labute approximate surface area is 165 Å². The molecule has 0 radical (unpaired) electrons. The minimum absolute atomic E-state index is 0.105. The Morgan fingerprint density at radius 2 is 1.96 bits per heavy atom. The number of likely N-dealkylation sites (N-methyl/N-ethyl adjacent to an activating group) is 1. The predicted octanol–water partition coefficient (Wildman–Crippen LogP) is 1.73. The number of rotatable bonds is 2. The molecule has 2 aromatic heterocycles. The van der Waals surface area contributed by atoms with E-state index in [0.29, 0.717) is 18.7 Å². The van der Waals surface area contributed by atoms with Crippen LogP contribution in [0.5, 0.6) is 0 Å². The summed E-state index contributed by atoms with van der Waals surface area (Å²) in [5, 5.41) is 0. The van der Waals surface area contributed by atoms with Gasteiger partial charge in [0.05, 0.1) is 17.6 Å². The van der Waals surface area contributed by atoms with Gasteiger partial charge in [-0.25, -0.2) is 4.98 Å². The third-order valence-electron chi connectivity index (χ3n) is 6.74. The van der Waals surface area contributed by atoms with E-state index in [1.165, 1.54) is 5.69 Å². The maximum atomic E-state index is 13.2. The van der Waals surface area contributed by atoms with Crippen molar-refractivity contribution in [2.24, 2.45) is 7.05 Å². The highest BCUT2D eigenvalue weighted by Crippen LogP contribution is 2.42. The number of hydrogen-bond acceptors (Lipinski definition) is 4. The maximum absolute atomic E-state index is 13.2. The van der Waals surface area contributed by atoms with Crippen LogP contribution in [-0.2, 0) is 19.0 Å². The molecule has 1 amide bonds. The van der Waals surface area contributed by atoms with Crippen molar-refractivity contribution in [3.8, 4) is 0 Å². The molecular weight excluding hydrogens is 354 g/mol. The fourth-order valence-corrected chi connectivity index (χ4v) is 5.01. The van der Waals surface area contributed by atoms with Crippen LogP contribution in [0.15, 0.2) is 17.2 Å². The van der Waals surface area contributed by atoms with Crippen LogP contribution in [0.3, 0.4) is 0 Å². The first-order valence-corrected chi connectivity index (χ1v) is 10.1. The van der Waals surface area contributed by atoms with Crippen LogP contribution in [0.1, 0.15) is 52.8 Å². The van der Waals surface area contributed by atoms with Gasteiger partial charge >= 0.3 is 0 Å². The molecule has 1 saturated heterocycles. The third kappa shape index (κ3) is 2.71. The third-order valence-corrected chi connectivity index (χ3v) is 6.74. The van der Waals surface area contributed by atoms with Crippen LogP contribution in [-0.4, -0.2) is 56.4 Å². The van der Waals surface area contributed by atoms with E-state index in [1.54, 1.807) is 17.9 Å². The lowest BCUT2D eigenvalue weighted by atomic mass is 9.78. The Hall–Kier alpha value is -2.41. The first-order valence-electron chi connectivity index (χ1n) is 10.1. The summed E-state index contributed by atoms with van der Waals surface area (Å²) in [6.45, 7) is 9.18. The highest BCUT2D eigenvalue weighted by molar-refractivity contribution is 5.95. The molecule has 7 nitrogen and oxygen atoms in total. The minimum Gasteiger partial charge on any atom is -0.348 e. The van der Waals surface area contributed by atoms with Gasteiger partial charge in [-0.15, -0.1) is 0 Å². The topological polar surface area (TPSA) is 74.2 Å². The Morgan fingerprint density at radius 1 is 1.25 bits per heavy atom. The van der Waals surface area contributed by atoms with E-state index in [0.717, 1.165) is 49.3 Å². The SMILES string of the molecule is CCN1CCc2[nH]cnc2C12CCN(C(=O)c1c(C)cc(C)n(C)c1=O)CC2. The second-order valence-corrected chi connectivity index (χ2v) is 8.09. The van der Waals surface area contributed by atoms with E-state index < -0.39 is 0 Å². The molecule has 0 aliphatic carbocycles. The molecule has 0 aromatic carbocycles. The summed E-state index contributed by atoms with van der Waals surface area (Å²) >= 11 is 0. The van der Waals surface area contributed by atoms with Crippen LogP contribution in [0.4, 0.5) is 0 Å². The number of H-pyrrole nitrogens is 1. The van der Waals surface area contributed by atoms with Gasteiger partial charge in [-0.3, -0.25) is 14.5 Å². The summed E-state index contributed by atoms with van der Waals surface area (Å²) in [5.74, 6) is -0.144. The Morgan fingerprint density at radius 3 is 2.64 bits per heavy atom. The van der Waals surface area contributed by atoms with Gasteiger partial charge in [0.1, 0.15) is 5.56 Å². The predicted molar refractivity (Wildman–Crippen MR) is 108 cm³/mol.